The molecule has 0 saturated heterocycles. The molecule has 164 valence electrons. The molecule has 31 heavy (non-hydrogen) atoms. The van der Waals surface area contributed by atoms with E-state index in [9.17, 15) is 13.2 Å². The molecular formula is C19H18Cl2N4O4S2. The smallest absolute Gasteiger partial charge is 0.270 e. The molecule has 1 heterocycles. The largest absolute Gasteiger partial charge is 0.492 e. The van der Waals surface area contributed by atoms with E-state index in [2.05, 4.69) is 20.2 Å². The van der Waals surface area contributed by atoms with E-state index in [1.165, 1.54) is 18.2 Å². The first-order valence-electron chi connectivity index (χ1n) is 8.96. The van der Waals surface area contributed by atoms with Gasteiger partial charge in [-0.2, -0.15) is 0 Å². The van der Waals surface area contributed by atoms with Gasteiger partial charge in [0, 0.05) is 5.02 Å². The molecule has 0 bridgehead atoms. The summed E-state index contributed by atoms with van der Waals surface area (Å²) in [6.07, 6.45) is 0. The normalized spacial score (nSPS) is 12.4. The number of carbonyl (C=O) groups is 1. The number of hydrogen-bond acceptors (Lipinski definition) is 7. The summed E-state index contributed by atoms with van der Waals surface area (Å²) in [6.45, 7) is 3.70. The summed E-state index contributed by atoms with van der Waals surface area (Å²) in [5.74, 6) is 0.116. The van der Waals surface area contributed by atoms with Gasteiger partial charge in [-0.05, 0) is 43.7 Å². The average Bonchev–Trinajstić information content (AvgIpc) is 3.16. The van der Waals surface area contributed by atoms with Gasteiger partial charge in [0.2, 0.25) is 9.47 Å². The van der Waals surface area contributed by atoms with Crippen LogP contribution >= 0.6 is 34.5 Å². The first-order chi connectivity index (χ1) is 14.7. The Labute approximate surface area is 193 Å². The summed E-state index contributed by atoms with van der Waals surface area (Å²) in [5.41, 5.74) is 1.12. The number of nitrogens with one attached hydrogen (secondary N) is 2. The van der Waals surface area contributed by atoms with Crippen LogP contribution in [0.1, 0.15) is 22.8 Å². The number of carbonyl (C=O) groups excluding carboxylic acids is 1. The van der Waals surface area contributed by atoms with Crippen LogP contribution < -0.4 is 14.8 Å². The predicted molar refractivity (Wildman–Crippen MR) is 121 cm³/mol. The number of hydrogen-bond donors (Lipinski definition) is 2. The Bertz CT molecular complexity index is 1200. The number of anilines is 1. The van der Waals surface area contributed by atoms with Crippen LogP contribution in [0.5, 0.6) is 5.75 Å². The van der Waals surface area contributed by atoms with Gasteiger partial charge in [-0.3, -0.25) is 10.1 Å². The van der Waals surface area contributed by atoms with E-state index in [4.69, 9.17) is 27.9 Å². The molecule has 12 heteroatoms. The Kier molecular flexibility index (Phi) is 7.50. The summed E-state index contributed by atoms with van der Waals surface area (Å²) < 4.78 is 33.0. The molecule has 2 aromatic carbocycles. The molecule has 8 nitrogen and oxygen atoms in total. The van der Waals surface area contributed by atoms with Crippen LogP contribution in [0.2, 0.25) is 10.0 Å². The number of aromatic nitrogens is 2. The maximum Gasteiger partial charge on any atom is 0.270 e. The van der Waals surface area contributed by atoms with Crippen LogP contribution in [0.15, 0.2) is 46.8 Å². The molecule has 1 aromatic heterocycles. The Morgan fingerprint density at radius 2 is 1.94 bits per heavy atom. The van der Waals surface area contributed by atoms with Crippen molar-refractivity contribution < 1.29 is 17.9 Å². The van der Waals surface area contributed by atoms with Gasteiger partial charge in [-0.25, -0.2) is 13.1 Å². The molecule has 0 fully saturated rings. The Morgan fingerprint density at radius 1 is 1.19 bits per heavy atom. The van der Waals surface area contributed by atoms with E-state index in [0.29, 0.717) is 22.1 Å². The molecule has 3 rings (SSSR count). The highest BCUT2D eigenvalue weighted by Gasteiger charge is 2.24. The lowest BCUT2D eigenvalue weighted by atomic mass is 10.2. The van der Waals surface area contributed by atoms with E-state index in [1.54, 1.807) is 6.92 Å². The molecule has 1 atom stereocenters. The highest BCUT2D eigenvalue weighted by molar-refractivity contribution is 7.91. The topological polar surface area (TPSA) is 110 Å². The van der Waals surface area contributed by atoms with Crippen LogP contribution in [0.25, 0.3) is 0 Å². The zero-order valence-electron chi connectivity index (χ0n) is 16.4. The summed E-state index contributed by atoms with van der Waals surface area (Å²) in [6, 6.07) is 11.3. The number of ether oxygens (including phenoxy) is 1. The number of nitrogens with zero attached hydrogens (tertiary/aromatic N) is 2. The second kappa shape index (κ2) is 9.92. The zero-order valence-corrected chi connectivity index (χ0v) is 19.6. The standard InChI is InChI=1S/C19H18Cl2N4O4S2/c1-11-5-3-4-6-16(11)29-10-12(2)25-31(27,28)19-24-23-18(30-19)22-17(26)14-8-7-13(20)9-15(14)21/h3-9,12,25H,10H2,1-2H3,(H,22,23,26). The SMILES string of the molecule is Cc1ccccc1OCC(C)NS(=O)(=O)c1nnc(NC(=O)c2ccc(Cl)cc2Cl)s1. The minimum atomic E-state index is -3.95. The third-order valence-electron chi connectivity index (χ3n) is 3.97. The van der Waals surface area contributed by atoms with Gasteiger partial charge in [0.1, 0.15) is 12.4 Å². The van der Waals surface area contributed by atoms with Crippen molar-refractivity contribution in [2.75, 3.05) is 11.9 Å². The molecular weight excluding hydrogens is 483 g/mol. The molecule has 1 unspecified atom stereocenters. The van der Waals surface area contributed by atoms with E-state index in [-0.39, 0.29) is 26.7 Å². The van der Waals surface area contributed by atoms with Gasteiger partial charge in [0.15, 0.2) is 0 Å². The second-order valence-electron chi connectivity index (χ2n) is 6.55. The summed E-state index contributed by atoms with van der Waals surface area (Å²) >= 11 is 12.6. The number of para-hydroxylation sites is 1. The zero-order chi connectivity index (χ0) is 22.6. The van der Waals surface area contributed by atoms with Crippen molar-refractivity contribution in [1.29, 1.82) is 0 Å². The van der Waals surface area contributed by atoms with Crippen LogP contribution in [-0.2, 0) is 10.0 Å². The van der Waals surface area contributed by atoms with E-state index >= 15 is 0 Å². The third-order valence-corrected chi connectivity index (χ3v) is 7.31. The van der Waals surface area contributed by atoms with Crippen LogP contribution in [0, 0.1) is 6.92 Å². The number of sulfonamides is 1. The van der Waals surface area contributed by atoms with Crippen molar-refractivity contribution in [2.45, 2.75) is 24.2 Å². The number of aryl methyl sites for hydroxylation is 1. The number of rotatable bonds is 8. The lowest BCUT2D eigenvalue weighted by molar-refractivity contribution is 0.102. The van der Waals surface area contributed by atoms with E-state index in [1.807, 2.05) is 31.2 Å². The molecule has 0 spiro atoms. The molecule has 1 amide bonds. The van der Waals surface area contributed by atoms with Gasteiger partial charge in [0.25, 0.3) is 15.9 Å². The highest BCUT2D eigenvalue weighted by Crippen LogP contribution is 2.24. The Morgan fingerprint density at radius 3 is 2.65 bits per heavy atom. The summed E-state index contributed by atoms with van der Waals surface area (Å²) in [5, 5.41) is 10.4. The molecule has 3 aromatic rings. The monoisotopic (exact) mass is 500 g/mol. The lowest BCUT2D eigenvalue weighted by Gasteiger charge is -2.15. The maximum absolute atomic E-state index is 12.6. The highest BCUT2D eigenvalue weighted by atomic mass is 35.5. The first kappa shape index (κ1) is 23.4. The van der Waals surface area contributed by atoms with Crippen molar-refractivity contribution in [3.8, 4) is 5.75 Å². The van der Waals surface area contributed by atoms with Gasteiger partial charge in [-0.15, -0.1) is 10.2 Å². The van der Waals surface area contributed by atoms with Crippen LogP contribution in [-0.4, -0.2) is 37.2 Å². The van der Waals surface area contributed by atoms with E-state index < -0.39 is 22.0 Å². The molecule has 0 aliphatic carbocycles. The quantitative estimate of drug-likeness (QED) is 0.449. The summed E-state index contributed by atoms with van der Waals surface area (Å²) in [7, 11) is -3.95. The van der Waals surface area contributed by atoms with Crippen molar-refractivity contribution in [1.82, 2.24) is 14.9 Å². The third kappa shape index (κ3) is 6.14. The van der Waals surface area contributed by atoms with Crippen molar-refractivity contribution in [2.24, 2.45) is 0 Å². The molecule has 2 N–H and O–H groups in total. The fourth-order valence-electron chi connectivity index (χ4n) is 2.49. The van der Waals surface area contributed by atoms with Gasteiger partial charge in [0.05, 0.1) is 16.6 Å². The van der Waals surface area contributed by atoms with Crippen molar-refractivity contribution >= 4 is 55.6 Å². The van der Waals surface area contributed by atoms with Gasteiger partial charge in [-0.1, -0.05) is 52.7 Å². The lowest BCUT2D eigenvalue weighted by Crippen LogP contribution is -2.36. The van der Waals surface area contributed by atoms with Crippen LogP contribution in [0.4, 0.5) is 5.13 Å². The van der Waals surface area contributed by atoms with Crippen LogP contribution in [0.3, 0.4) is 0 Å². The Hall–Kier alpha value is -2.24. The minimum absolute atomic E-state index is 0.0141. The molecule has 0 radical (unpaired) electrons. The average molecular weight is 501 g/mol. The van der Waals surface area contributed by atoms with Crippen molar-refractivity contribution in [3.63, 3.8) is 0 Å². The maximum atomic E-state index is 12.6. The number of halogens is 2. The summed E-state index contributed by atoms with van der Waals surface area (Å²) in [4.78, 5) is 12.3. The van der Waals surface area contributed by atoms with Gasteiger partial charge >= 0.3 is 0 Å². The number of amides is 1. The number of benzene rings is 2. The van der Waals surface area contributed by atoms with E-state index in [0.717, 1.165) is 5.56 Å². The molecule has 0 saturated carbocycles. The fraction of sp³-hybridized carbons (Fsp3) is 0.211. The second-order valence-corrected chi connectivity index (χ2v) is 10.3. The minimum Gasteiger partial charge on any atom is -0.492 e. The molecule has 0 aliphatic heterocycles. The Balaban J connectivity index is 1.62. The first-order valence-corrected chi connectivity index (χ1v) is 12.0. The fourth-order valence-corrected chi connectivity index (χ4v) is 5.12. The van der Waals surface area contributed by atoms with Gasteiger partial charge < -0.3 is 4.74 Å². The molecule has 0 aliphatic rings. The van der Waals surface area contributed by atoms with Crippen molar-refractivity contribution in [3.05, 3.63) is 63.6 Å². The predicted octanol–water partition coefficient (Wildman–Crippen LogP) is 4.15.